The molecule has 0 aliphatic carbocycles. The number of benzene rings is 1. The van der Waals surface area contributed by atoms with Gasteiger partial charge < -0.3 is 19.4 Å². The van der Waals surface area contributed by atoms with Crippen molar-refractivity contribution in [3.8, 4) is 0 Å². The van der Waals surface area contributed by atoms with Crippen molar-refractivity contribution in [2.45, 2.75) is 19.8 Å². The first-order chi connectivity index (χ1) is 10.8. The fourth-order valence-electron chi connectivity index (χ4n) is 2.63. The number of ether oxygens (including phenoxy) is 1. The molecule has 0 bridgehead atoms. The number of furan rings is 1. The molecule has 1 N–H and O–H groups in total. The van der Waals surface area contributed by atoms with Crippen LogP contribution in [0.15, 0.2) is 28.7 Å². The lowest BCUT2D eigenvalue weighted by Gasteiger charge is -2.29. The summed E-state index contributed by atoms with van der Waals surface area (Å²) in [5.41, 5.74) is 1.89. The van der Waals surface area contributed by atoms with Crippen LogP contribution in [0.4, 0.5) is 5.69 Å². The van der Waals surface area contributed by atoms with Crippen molar-refractivity contribution in [3.63, 3.8) is 0 Å². The molecule has 1 saturated heterocycles. The smallest absolute Gasteiger partial charge is 0.374 e. The quantitative estimate of drug-likeness (QED) is 0.680. The summed E-state index contributed by atoms with van der Waals surface area (Å²) in [4.78, 5) is 14.3. The topological polar surface area (TPSA) is 54.7 Å². The van der Waals surface area contributed by atoms with Gasteiger partial charge in [0.2, 0.25) is 5.76 Å². The van der Waals surface area contributed by atoms with Gasteiger partial charge in [-0.3, -0.25) is 0 Å². The largest absolute Gasteiger partial charge is 0.460 e. The van der Waals surface area contributed by atoms with E-state index in [1.807, 2.05) is 12.1 Å². The number of carbonyl (C=O) groups excluding carboxylic acids is 1. The molecule has 0 spiro atoms. The van der Waals surface area contributed by atoms with Crippen LogP contribution in [-0.4, -0.2) is 38.8 Å². The lowest BCUT2D eigenvalue weighted by Crippen LogP contribution is -2.43. The van der Waals surface area contributed by atoms with Crippen molar-refractivity contribution in [3.05, 3.63) is 30.0 Å². The first-order valence-corrected chi connectivity index (χ1v) is 7.94. The third-order valence-electron chi connectivity index (χ3n) is 3.91. The molecule has 2 heterocycles. The van der Waals surface area contributed by atoms with E-state index in [1.165, 1.54) is 5.69 Å². The highest BCUT2D eigenvalue weighted by atomic mass is 16.5. The Balaban J connectivity index is 1.76. The van der Waals surface area contributed by atoms with Gasteiger partial charge in [0.05, 0.1) is 6.61 Å². The second kappa shape index (κ2) is 6.83. The maximum atomic E-state index is 11.9. The fraction of sp³-hybridized carbons (Fsp3) is 0.471. The Morgan fingerprint density at radius 1 is 1.32 bits per heavy atom. The SMILES string of the molecule is CCCCOC(=O)c1cc2cc(N3CCNCC3)ccc2o1. The molecule has 5 heteroatoms. The lowest BCUT2D eigenvalue weighted by atomic mass is 10.2. The van der Waals surface area contributed by atoms with Crippen molar-refractivity contribution in [1.82, 2.24) is 5.32 Å². The number of nitrogens with zero attached hydrogens (tertiary/aromatic N) is 1. The molecule has 2 aromatic rings. The van der Waals surface area contributed by atoms with E-state index in [0.29, 0.717) is 6.61 Å². The van der Waals surface area contributed by atoms with E-state index in [-0.39, 0.29) is 11.7 Å². The first-order valence-electron chi connectivity index (χ1n) is 7.94. The lowest BCUT2D eigenvalue weighted by molar-refractivity contribution is 0.0466. The molecule has 0 saturated carbocycles. The summed E-state index contributed by atoms with van der Waals surface area (Å²) >= 11 is 0. The molecule has 22 heavy (non-hydrogen) atoms. The number of carbonyl (C=O) groups is 1. The zero-order valence-corrected chi connectivity index (χ0v) is 12.9. The van der Waals surface area contributed by atoms with Gasteiger partial charge in [-0.25, -0.2) is 4.79 Å². The van der Waals surface area contributed by atoms with Crippen LogP contribution >= 0.6 is 0 Å². The highest BCUT2D eigenvalue weighted by Crippen LogP contribution is 2.26. The van der Waals surface area contributed by atoms with Crippen molar-refractivity contribution >= 4 is 22.6 Å². The minimum Gasteiger partial charge on any atom is -0.460 e. The van der Waals surface area contributed by atoms with Crippen molar-refractivity contribution in [2.75, 3.05) is 37.7 Å². The molecule has 1 fully saturated rings. The Bertz CT molecular complexity index is 644. The molecule has 5 nitrogen and oxygen atoms in total. The summed E-state index contributed by atoms with van der Waals surface area (Å²) in [6.45, 7) is 6.49. The van der Waals surface area contributed by atoms with E-state index in [2.05, 4.69) is 23.2 Å². The summed E-state index contributed by atoms with van der Waals surface area (Å²) in [6, 6.07) is 7.82. The highest BCUT2D eigenvalue weighted by molar-refractivity contribution is 5.93. The number of unbranched alkanes of at least 4 members (excludes halogenated alkanes) is 1. The number of esters is 1. The molecular weight excluding hydrogens is 280 g/mol. The first kappa shape index (κ1) is 14.9. The number of anilines is 1. The summed E-state index contributed by atoms with van der Waals surface area (Å²) in [5.74, 6) is -0.100. The molecule has 1 aliphatic heterocycles. The number of nitrogens with one attached hydrogen (secondary N) is 1. The third kappa shape index (κ3) is 3.25. The zero-order valence-electron chi connectivity index (χ0n) is 12.9. The molecule has 118 valence electrons. The van der Waals surface area contributed by atoms with Crippen LogP contribution in [0.5, 0.6) is 0 Å². The average molecular weight is 302 g/mol. The normalized spacial score (nSPS) is 15.2. The predicted octanol–water partition coefficient (Wildman–Crippen LogP) is 2.80. The highest BCUT2D eigenvalue weighted by Gasteiger charge is 2.16. The zero-order chi connectivity index (χ0) is 15.4. The van der Waals surface area contributed by atoms with Crippen LogP contribution in [0, 0.1) is 0 Å². The molecule has 3 rings (SSSR count). The van der Waals surface area contributed by atoms with Crippen molar-refractivity contribution in [2.24, 2.45) is 0 Å². The van der Waals surface area contributed by atoms with Crippen molar-refractivity contribution in [1.29, 1.82) is 0 Å². The number of rotatable bonds is 5. The molecular formula is C17H22N2O3. The predicted molar refractivity (Wildman–Crippen MR) is 86.5 cm³/mol. The second-order valence-corrected chi connectivity index (χ2v) is 5.56. The molecule has 0 unspecified atom stereocenters. The van der Waals surface area contributed by atoms with Gasteiger partial charge >= 0.3 is 5.97 Å². The van der Waals surface area contributed by atoms with E-state index in [1.54, 1.807) is 6.07 Å². The molecule has 0 amide bonds. The standard InChI is InChI=1S/C17H22N2O3/c1-2-3-10-21-17(20)16-12-13-11-14(4-5-15(13)22-16)19-8-6-18-7-9-19/h4-5,11-12,18H,2-3,6-10H2,1H3. The summed E-state index contributed by atoms with van der Waals surface area (Å²) in [5, 5.41) is 4.29. The number of fused-ring (bicyclic) bond motifs is 1. The summed E-state index contributed by atoms with van der Waals surface area (Å²) in [7, 11) is 0. The maximum Gasteiger partial charge on any atom is 0.374 e. The number of hydrogen-bond acceptors (Lipinski definition) is 5. The van der Waals surface area contributed by atoms with Crippen LogP contribution in [0.2, 0.25) is 0 Å². The Morgan fingerprint density at radius 3 is 2.91 bits per heavy atom. The minimum atomic E-state index is -0.381. The van der Waals surface area contributed by atoms with Gasteiger partial charge in [-0.05, 0) is 30.7 Å². The maximum absolute atomic E-state index is 11.9. The van der Waals surface area contributed by atoms with Crippen LogP contribution in [0.25, 0.3) is 11.0 Å². The van der Waals surface area contributed by atoms with Gasteiger partial charge in [0.1, 0.15) is 5.58 Å². The number of piperazine rings is 1. The minimum absolute atomic E-state index is 0.281. The Morgan fingerprint density at radius 2 is 2.14 bits per heavy atom. The van der Waals surface area contributed by atoms with E-state index in [4.69, 9.17) is 9.15 Å². The Kier molecular flexibility index (Phi) is 4.63. The summed E-state index contributed by atoms with van der Waals surface area (Å²) < 4.78 is 10.8. The number of hydrogen-bond donors (Lipinski definition) is 1. The van der Waals surface area contributed by atoms with Crippen LogP contribution in [-0.2, 0) is 4.74 Å². The van der Waals surface area contributed by atoms with Crippen molar-refractivity contribution < 1.29 is 13.9 Å². The van der Waals surface area contributed by atoms with E-state index >= 15 is 0 Å². The molecule has 1 aliphatic rings. The monoisotopic (exact) mass is 302 g/mol. The van der Waals surface area contributed by atoms with Crippen LogP contribution < -0.4 is 10.2 Å². The van der Waals surface area contributed by atoms with Crippen LogP contribution in [0.1, 0.15) is 30.3 Å². The molecule has 1 aromatic carbocycles. The van der Waals surface area contributed by atoms with Crippen LogP contribution in [0.3, 0.4) is 0 Å². The summed E-state index contributed by atoms with van der Waals surface area (Å²) in [6.07, 6.45) is 1.88. The van der Waals surface area contributed by atoms with E-state index < -0.39 is 0 Å². The second-order valence-electron chi connectivity index (χ2n) is 5.56. The van der Waals surface area contributed by atoms with Gasteiger partial charge in [-0.2, -0.15) is 0 Å². The van der Waals surface area contributed by atoms with E-state index in [9.17, 15) is 4.79 Å². The van der Waals surface area contributed by atoms with Gasteiger partial charge in [0.25, 0.3) is 0 Å². The molecule has 1 aromatic heterocycles. The van der Waals surface area contributed by atoms with E-state index in [0.717, 1.165) is 50.0 Å². The Hall–Kier alpha value is -2.01. The van der Waals surface area contributed by atoms with Gasteiger partial charge in [-0.1, -0.05) is 13.3 Å². The fourth-order valence-corrected chi connectivity index (χ4v) is 2.63. The van der Waals surface area contributed by atoms with Gasteiger partial charge in [0.15, 0.2) is 0 Å². The van der Waals surface area contributed by atoms with Gasteiger partial charge in [0, 0.05) is 37.3 Å². The average Bonchev–Trinajstić information content (AvgIpc) is 2.99. The third-order valence-corrected chi connectivity index (χ3v) is 3.91. The van der Waals surface area contributed by atoms with Gasteiger partial charge in [-0.15, -0.1) is 0 Å². The molecule has 0 atom stereocenters. The molecule has 0 radical (unpaired) electrons. The Labute approximate surface area is 130 Å².